The lowest BCUT2D eigenvalue weighted by molar-refractivity contribution is 0.151. The molecule has 142 valence electrons. The summed E-state index contributed by atoms with van der Waals surface area (Å²) in [6.45, 7) is 6.95. The van der Waals surface area contributed by atoms with Gasteiger partial charge in [-0.3, -0.25) is 4.90 Å². The van der Waals surface area contributed by atoms with Gasteiger partial charge in [0.2, 0.25) is 0 Å². The molecule has 26 heavy (non-hydrogen) atoms. The minimum absolute atomic E-state index is 0. The molecular weight excluding hydrogens is 348 g/mol. The fraction of sp³-hybridized carbons (Fsp3) is 0.450. The van der Waals surface area contributed by atoms with Crippen LogP contribution in [0.4, 0.5) is 5.82 Å². The van der Waals surface area contributed by atoms with E-state index in [9.17, 15) is 0 Å². The van der Waals surface area contributed by atoms with Crippen molar-refractivity contribution in [3.63, 3.8) is 0 Å². The normalized spacial score (nSPS) is 17.4. The highest BCUT2D eigenvalue weighted by Crippen LogP contribution is 2.31. The summed E-state index contributed by atoms with van der Waals surface area (Å²) in [7, 11) is 3.81. The Morgan fingerprint density at radius 2 is 2.08 bits per heavy atom. The summed E-state index contributed by atoms with van der Waals surface area (Å²) in [6.07, 6.45) is 2.00. The molecule has 0 amide bonds. The van der Waals surface area contributed by atoms with Gasteiger partial charge in [0.25, 0.3) is 0 Å². The smallest absolute Gasteiger partial charge is 0.128 e. The summed E-state index contributed by atoms with van der Waals surface area (Å²) in [4.78, 5) is 9.26. The molecule has 1 saturated heterocycles. The van der Waals surface area contributed by atoms with Crippen molar-refractivity contribution in [2.24, 2.45) is 0 Å². The second kappa shape index (κ2) is 9.76. The minimum Gasteiger partial charge on any atom is -0.496 e. The molecule has 2 aromatic rings. The van der Waals surface area contributed by atoms with Gasteiger partial charge in [0.1, 0.15) is 11.6 Å². The number of hydrogen-bond donors (Lipinski definition) is 1. The number of ether oxygens (including phenoxy) is 1. The third-order valence-electron chi connectivity index (χ3n) is 4.91. The van der Waals surface area contributed by atoms with E-state index in [0.717, 1.165) is 44.3 Å². The molecule has 1 atom stereocenters. The number of aromatic nitrogens is 1. The van der Waals surface area contributed by atoms with Gasteiger partial charge in [-0.1, -0.05) is 24.3 Å². The summed E-state index contributed by atoms with van der Waals surface area (Å²) in [5.41, 5.74) is 2.49. The fourth-order valence-corrected chi connectivity index (χ4v) is 3.32. The predicted octanol–water partition coefficient (Wildman–Crippen LogP) is 3.11. The molecule has 2 heterocycles. The van der Waals surface area contributed by atoms with E-state index in [2.05, 4.69) is 58.3 Å². The molecular formula is C20H29ClN4O. The molecule has 1 unspecified atom stereocenters. The number of rotatable bonds is 6. The predicted molar refractivity (Wildman–Crippen MR) is 109 cm³/mol. The Morgan fingerprint density at radius 1 is 1.27 bits per heavy atom. The second-order valence-electron chi connectivity index (χ2n) is 6.47. The van der Waals surface area contributed by atoms with E-state index in [-0.39, 0.29) is 12.4 Å². The molecule has 0 bridgehead atoms. The monoisotopic (exact) mass is 376 g/mol. The van der Waals surface area contributed by atoms with Crippen LogP contribution < -0.4 is 15.0 Å². The Balaban J connectivity index is 0.00000243. The molecule has 6 heteroatoms. The van der Waals surface area contributed by atoms with Gasteiger partial charge in [0, 0.05) is 51.5 Å². The van der Waals surface area contributed by atoms with Crippen LogP contribution >= 0.6 is 12.4 Å². The van der Waals surface area contributed by atoms with Gasteiger partial charge >= 0.3 is 0 Å². The van der Waals surface area contributed by atoms with E-state index in [1.165, 1.54) is 11.1 Å². The Hall–Kier alpha value is -1.82. The van der Waals surface area contributed by atoms with Gasteiger partial charge in [-0.15, -0.1) is 12.4 Å². The van der Waals surface area contributed by atoms with Gasteiger partial charge in [-0.05, 0) is 24.6 Å². The van der Waals surface area contributed by atoms with Crippen LogP contribution in [0, 0.1) is 0 Å². The first kappa shape index (κ1) is 20.5. The van der Waals surface area contributed by atoms with Crippen LogP contribution in [-0.4, -0.2) is 50.2 Å². The molecule has 5 nitrogen and oxygen atoms in total. The first-order valence-electron chi connectivity index (χ1n) is 8.96. The zero-order valence-electron chi connectivity index (χ0n) is 15.8. The molecule has 1 N–H and O–H groups in total. The van der Waals surface area contributed by atoms with Gasteiger partial charge < -0.3 is 15.0 Å². The molecule has 1 fully saturated rings. The summed E-state index contributed by atoms with van der Waals surface area (Å²) in [6, 6.07) is 12.9. The highest BCUT2D eigenvalue weighted by atomic mass is 35.5. The first-order valence-corrected chi connectivity index (χ1v) is 8.96. The van der Waals surface area contributed by atoms with Crippen LogP contribution in [0.5, 0.6) is 5.75 Å². The Morgan fingerprint density at radius 3 is 2.77 bits per heavy atom. The van der Waals surface area contributed by atoms with Crippen LogP contribution in [0.15, 0.2) is 42.6 Å². The lowest BCUT2D eigenvalue weighted by Crippen LogP contribution is -2.45. The Kier molecular flexibility index (Phi) is 7.69. The molecule has 0 spiro atoms. The average molecular weight is 377 g/mol. The summed E-state index contributed by atoms with van der Waals surface area (Å²) in [5.74, 6) is 1.98. The zero-order chi connectivity index (χ0) is 17.6. The van der Waals surface area contributed by atoms with Gasteiger partial charge in [-0.25, -0.2) is 4.98 Å². The van der Waals surface area contributed by atoms with Gasteiger partial charge in [0.15, 0.2) is 0 Å². The number of para-hydroxylation sites is 1. The summed E-state index contributed by atoms with van der Waals surface area (Å²) in [5, 5.41) is 3.51. The number of nitrogens with zero attached hydrogens (tertiary/aromatic N) is 3. The fourth-order valence-electron chi connectivity index (χ4n) is 3.32. The second-order valence-corrected chi connectivity index (χ2v) is 6.47. The zero-order valence-corrected chi connectivity index (χ0v) is 16.6. The van der Waals surface area contributed by atoms with Crippen molar-refractivity contribution >= 4 is 18.2 Å². The van der Waals surface area contributed by atoms with Gasteiger partial charge in [0.05, 0.1) is 13.2 Å². The lowest BCUT2D eigenvalue weighted by atomic mass is 10.0. The SMILES string of the molecule is CCN(C)c1ccc(CN2CCNCC2c2ccccc2OC)cn1.Cl. The number of halogens is 1. The van der Waals surface area contributed by atoms with Crippen molar-refractivity contribution in [2.75, 3.05) is 45.2 Å². The number of anilines is 1. The van der Waals surface area contributed by atoms with Crippen molar-refractivity contribution < 1.29 is 4.74 Å². The highest BCUT2D eigenvalue weighted by molar-refractivity contribution is 5.85. The standard InChI is InChI=1S/C20H28N4O.ClH/c1-4-23(2)20-10-9-16(13-22-20)15-24-12-11-21-14-18(24)17-7-5-6-8-19(17)25-3;/h5-10,13,18,21H,4,11-12,14-15H2,1-3H3;1H. The number of methoxy groups -OCH3 is 1. The quantitative estimate of drug-likeness (QED) is 0.838. The molecule has 1 aromatic heterocycles. The lowest BCUT2D eigenvalue weighted by Gasteiger charge is -2.37. The molecule has 0 aliphatic carbocycles. The summed E-state index contributed by atoms with van der Waals surface area (Å²) < 4.78 is 5.58. The van der Waals surface area contributed by atoms with Crippen LogP contribution in [0.1, 0.15) is 24.1 Å². The largest absolute Gasteiger partial charge is 0.496 e. The number of benzene rings is 1. The average Bonchev–Trinajstić information content (AvgIpc) is 2.68. The number of pyridine rings is 1. The van der Waals surface area contributed by atoms with Crippen LogP contribution in [0.2, 0.25) is 0 Å². The third kappa shape index (κ3) is 4.67. The third-order valence-corrected chi connectivity index (χ3v) is 4.91. The Bertz CT molecular complexity index is 680. The van der Waals surface area contributed by atoms with Crippen molar-refractivity contribution in [2.45, 2.75) is 19.5 Å². The Labute approximate surface area is 162 Å². The van der Waals surface area contributed by atoms with Crippen LogP contribution in [0.3, 0.4) is 0 Å². The van der Waals surface area contributed by atoms with Gasteiger partial charge in [-0.2, -0.15) is 0 Å². The molecule has 1 aliphatic heterocycles. The van der Waals surface area contributed by atoms with Crippen molar-refractivity contribution in [3.05, 3.63) is 53.7 Å². The van der Waals surface area contributed by atoms with Crippen molar-refractivity contribution in [1.29, 1.82) is 0 Å². The molecule has 3 rings (SSSR count). The summed E-state index contributed by atoms with van der Waals surface area (Å²) >= 11 is 0. The van der Waals surface area contributed by atoms with E-state index in [1.54, 1.807) is 7.11 Å². The van der Waals surface area contributed by atoms with Crippen molar-refractivity contribution in [1.82, 2.24) is 15.2 Å². The topological polar surface area (TPSA) is 40.6 Å². The molecule has 0 radical (unpaired) electrons. The molecule has 1 aromatic carbocycles. The van der Waals surface area contributed by atoms with E-state index < -0.39 is 0 Å². The first-order chi connectivity index (χ1) is 12.2. The maximum absolute atomic E-state index is 5.58. The van der Waals surface area contributed by atoms with Crippen LogP contribution in [0.25, 0.3) is 0 Å². The van der Waals surface area contributed by atoms with Crippen molar-refractivity contribution in [3.8, 4) is 5.75 Å². The van der Waals surface area contributed by atoms with E-state index in [0.29, 0.717) is 6.04 Å². The number of hydrogen-bond acceptors (Lipinski definition) is 5. The molecule has 0 saturated carbocycles. The highest BCUT2D eigenvalue weighted by Gasteiger charge is 2.26. The van der Waals surface area contributed by atoms with E-state index in [1.807, 2.05) is 18.3 Å². The molecule has 1 aliphatic rings. The number of piperazine rings is 1. The van der Waals surface area contributed by atoms with E-state index in [4.69, 9.17) is 4.74 Å². The van der Waals surface area contributed by atoms with E-state index >= 15 is 0 Å². The maximum atomic E-state index is 5.58. The van der Waals surface area contributed by atoms with Crippen LogP contribution in [-0.2, 0) is 6.54 Å². The minimum atomic E-state index is 0. The number of nitrogens with one attached hydrogen (secondary N) is 1. The maximum Gasteiger partial charge on any atom is 0.128 e.